The molecule has 21 heavy (non-hydrogen) atoms. The molecule has 0 fully saturated rings. The van der Waals surface area contributed by atoms with Gasteiger partial charge in [-0.3, -0.25) is 0 Å². The lowest BCUT2D eigenvalue weighted by Gasteiger charge is -2.08. The van der Waals surface area contributed by atoms with Gasteiger partial charge in [0.2, 0.25) is 10.0 Å². The Morgan fingerprint density at radius 3 is 2.43 bits per heavy atom. The number of hydrogen-bond donors (Lipinski definition) is 1. The van der Waals surface area contributed by atoms with E-state index in [1.54, 1.807) is 19.1 Å². The average Bonchev–Trinajstić information content (AvgIpc) is 2.46. The maximum absolute atomic E-state index is 12.1. The van der Waals surface area contributed by atoms with Gasteiger partial charge in [0, 0.05) is 6.54 Å². The summed E-state index contributed by atoms with van der Waals surface area (Å²) < 4.78 is 26.9. The van der Waals surface area contributed by atoms with Gasteiger partial charge in [-0.2, -0.15) is 5.26 Å². The normalized spacial score (nSPS) is 11.3. The smallest absolute Gasteiger partial charge is 0.211 e. The van der Waals surface area contributed by atoms with Gasteiger partial charge >= 0.3 is 0 Å². The summed E-state index contributed by atoms with van der Waals surface area (Å²) in [5.41, 5.74) is 1.19. The van der Waals surface area contributed by atoms with Crippen molar-refractivity contribution in [1.82, 2.24) is 4.72 Å². The van der Waals surface area contributed by atoms with Gasteiger partial charge in [0.05, 0.1) is 16.5 Å². The lowest BCUT2D eigenvalue weighted by atomic mass is 10.1. The molecule has 0 unspecified atom stereocenters. The number of nitriles is 1. The highest BCUT2D eigenvalue weighted by Crippen LogP contribution is 2.15. The van der Waals surface area contributed by atoms with Gasteiger partial charge in [0.25, 0.3) is 0 Å². The van der Waals surface area contributed by atoms with Crippen LogP contribution in [0, 0.1) is 18.3 Å². The summed E-state index contributed by atoms with van der Waals surface area (Å²) in [6.45, 7) is 4.38. The monoisotopic (exact) mass is 308 g/mol. The van der Waals surface area contributed by atoms with Crippen molar-refractivity contribution in [2.45, 2.75) is 57.3 Å². The molecule has 0 atom stereocenters. The summed E-state index contributed by atoms with van der Waals surface area (Å²) in [4.78, 5) is 0.227. The van der Waals surface area contributed by atoms with Crippen molar-refractivity contribution in [3.05, 3.63) is 29.3 Å². The molecule has 0 radical (unpaired) electrons. The van der Waals surface area contributed by atoms with Gasteiger partial charge in [0.15, 0.2) is 0 Å². The van der Waals surface area contributed by atoms with E-state index in [-0.39, 0.29) is 4.90 Å². The highest BCUT2D eigenvalue weighted by atomic mass is 32.2. The summed E-state index contributed by atoms with van der Waals surface area (Å²) in [6.07, 6.45) is 6.75. The Labute approximate surface area is 128 Å². The van der Waals surface area contributed by atoms with Gasteiger partial charge in [0.1, 0.15) is 0 Å². The van der Waals surface area contributed by atoms with E-state index < -0.39 is 10.0 Å². The predicted molar refractivity (Wildman–Crippen MR) is 84.5 cm³/mol. The third-order valence-electron chi connectivity index (χ3n) is 3.45. The topological polar surface area (TPSA) is 70.0 Å². The Balaban J connectivity index is 2.47. The van der Waals surface area contributed by atoms with Crippen LogP contribution in [0.15, 0.2) is 23.1 Å². The first kappa shape index (κ1) is 17.7. The van der Waals surface area contributed by atoms with E-state index >= 15 is 0 Å². The molecule has 1 aromatic carbocycles. The highest BCUT2D eigenvalue weighted by Gasteiger charge is 2.14. The molecule has 1 rings (SSSR count). The third-order valence-corrected chi connectivity index (χ3v) is 4.91. The van der Waals surface area contributed by atoms with Crippen LogP contribution in [0.1, 0.15) is 56.6 Å². The lowest BCUT2D eigenvalue weighted by molar-refractivity contribution is 0.567. The molecule has 0 aliphatic carbocycles. The van der Waals surface area contributed by atoms with Crippen LogP contribution in [0.25, 0.3) is 0 Å². The Morgan fingerprint density at radius 1 is 1.14 bits per heavy atom. The van der Waals surface area contributed by atoms with Crippen molar-refractivity contribution in [1.29, 1.82) is 5.26 Å². The first-order valence-corrected chi connectivity index (χ1v) is 9.00. The summed E-state index contributed by atoms with van der Waals surface area (Å²) >= 11 is 0. The summed E-state index contributed by atoms with van der Waals surface area (Å²) in [6, 6.07) is 6.61. The quantitative estimate of drug-likeness (QED) is 0.710. The van der Waals surface area contributed by atoms with Crippen molar-refractivity contribution >= 4 is 10.0 Å². The van der Waals surface area contributed by atoms with E-state index in [1.165, 1.54) is 25.3 Å². The van der Waals surface area contributed by atoms with E-state index in [0.717, 1.165) is 19.3 Å². The van der Waals surface area contributed by atoms with Crippen molar-refractivity contribution < 1.29 is 8.42 Å². The lowest BCUT2D eigenvalue weighted by Crippen LogP contribution is -2.24. The number of sulfonamides is 1. The van der Waals surface area contributed by atoms with E-state index in [4.69, 9.17) is 5.26 Å². The standard InChI is InChI=1S/C16H24N2O2S/c1-3-4-5-6-7-8-11-18-21(19,20)16-10-9-15(13-17)14(2)12-16/h9-10,12,18H,3-8,11H2,1-2H3. The van der Waals surface area contributed by atoms with E-state index in [0.29, 0.717) is 17.7 Å². The van der Waals surface area contributed by atoms with Gasteiger partial charge in [-0.25, -0.2) is 13.1 Å². The summed E-state index contributed by atoms with van der Waals surface area (Å²) in [5.74, 6) is 0. The molecule has 0 bridgehead atoms. The maximum atomic E-state index is 12.1. The van der Waals surface area contributed by atoms with Crippen LogP contribution in [0.4, 0.5) is 0 Å². The third kappa shape index (κ3) is 5.86. The molecule has 0 amide bonds. The number of nitrogens with zero attached hydrogens (tertiary/aromatic N) is 1. The molecule has 4 nitrogen and oxygen atoms in total. The molecule has 0 heterocycles. The summed E-state index contributed by atoms with van der Waals surface area (Å²) in [5, 5.41) is 8.86. The number of benzene rings is 1. The highest BCUT2D eigenvalue weighted by molar-refractivity contribution is 7.89. The Bertz CT molecular complexity index is 589. The van der Waals surface area contributed by atoms with Crippen molar-refractivity contribution in [2.24, 2.45) is 0 Å². The van der Waals surface area contributed by atoms with Crippen LogP contribution >= 0.6 is 0 Å². The van der Waals surface area contributed by atoms with Crippen LogP contribution < -0.4 is 4.72 Å². The van der Waals surface area contributed by atoms with Crippen molar-refractivity contribution in [3.8, 4) is 6.07 Å². The van der Waals surface area contributed by atoms with Crippen molar-refractivity contribution in [2.75, 3.05) is 6.54 Å². The average molecular weight is 308 g/mol. The summed E-state index contributed by atoms with van der Waals surface area (Å²) in [7, 11) is -3.46. The zero-order valence-electron chi connectivity index (χ0n) is 12.9. The molecule has 0 saturated heterocycles. The molecule has 1 aromatic rings. The van der Waals surface area contributed by atoms with Crippen LogP contribution in [0.2, 0.25) is 0 Å². The molecule has 116 valence electrons. The van der Waals surface area contributed by atoms with Gasteiger partial charge in [-0.15, -0.1) is 0 Å². The molecule has 0 aliphatic rings. The predicted octanol–water partition coefficient (Wildman–Crippen LogP) is 3.51. The largest absolute Gasteiger partial charge is 0.240 e. The van der Waals surface area contributed by atoms with Crippen LogP contribution in [-0.4, -0.2) is 15.0 Å². The van der Waals surface area contributed by atoms with Gasteiger partial charge in [-0.1, -0.05) is 39.0 Å². The fraction of sp³-hybridized carbons (Fsp3) is 0.562. The second-order valence-electron chi connectivity index (χ2n) is 5.25. The first-order chi connectivity index (χ1) is 10.0. The van der Waals surface area contributed by atoms with Crippen molar-refractivity contribution in [3.63, 3.8) is 0 Å². The second kappa shape index (κ2) is 8.81. The zero-order valence-corrected chi connectivity index (χ0v) is 13.7. The minimum atomic E-state index is -3.46. The minimum Gasteiger partial charge on any atom is -0.211 e. The van der Waals surface area contributed by atoms with E-state index in [2.05, 4.69) is 11.6 Å². The van der Waals surface area contributed by atoms with Crippen LogP contribution in [-0.2, 0) is 10.0 Å². The molecular weight excluding hydrogens is 284 g/mol. The molecular formula is C16H24N2O2S. The molecule has 0 aliphatic heterocycles. The number of aryl methyl sites for hydroxylation is 1. The first-order valence-electron chi connectivity index (χ1n) is 7.51. The van der Waals surface area contributed by atoms with E-state index in [9.17, 15) is 8.42 Å². The SMILES string of the molecule is CCCCCCCCNS(=O)(=O)c1ccc(C#N)c(C)c1. The van der Waals surface area contributed by atoms with Gasteiger partial charge < -0.3 is 0 Å². The molecule has 0 spiro atoms. The Kier molecular flexibility index (Phi) is 7.41. The van der Waals surface area contributed by atoms with E-state index in [1.807, 2.05) is 6.07 Å². The number of nitrogens with one attached hydrogen (secondary N) is 1. The molecule has 5 heteroatoms. The second-order valence-corrected chi connectivity index (χ2v) is 7.02. The number of rotatable bonds is 9. The number of hydrogen-bond acceptors (Lipinski definition) is 3. The molecule has 1 N–H and O–H groups in total. The fourth-order valence-corrected chi connectivity index (χ4v) is 3.28. The number of unbranched alkanes of at least 4 members (excludes halogenated alkanes) is 5. The zero-order chi connectivity index (χ0) is 15.7. The van der Waals surface area contributed by atoms with Crippen LogP contribution in [0.5, 0.6) is 0 Å². The molecule has 0 aromatic heterocycles. The maximum Gasteiger partial charge on any atom is 0.240 e. The Morgan fingerprint density at radius 2 is 1.81 bits per heavy atom. The fourth-order valence-electron chi connectivity index (χ4n) is 2.12. The Hall–Kier alpha value is -1.38. The van der Waals surface area contributed by atoms with Crippen LogP contribution in [0.3, 0.4) is 0 Å². The molecule has 0 saturated carbocycles. The minimum absolute atomic E-state index is 0.227. The van der Waals surface area contributed by atoms with Gasteiger partial charge in [-0.05, 0) is 37.1 Å².